The van der Waals surface area contributed by atoms with Gasteiger partial charge in [0.15, 0.2) is 0 Å². The molecule has 5 nitrogen and oxygen atoms in total. The fourth-order valence-corrected chi connectivity index (χ4v) is 1.84. The van der Waals surface area contributed by atoms with Gasteiger partial charge in [0, 0.05) is 0 Å². The van der Waals surface area contributed by atoms with E-state index in [-0.39, 0.29) is 5.91 Å². The summed E-state index contributed by atoms with van der Waals surface area (Å²) in [5, 5.41) is 4.26. The first-order valence-electron chi connectivity index (χ1n) is 5.73. The van der Waals surface area contributed by atoms with Crippen molar-refractivity contribution in [3.8, 4) is 5.69 Å². The van der Waals surface area contributed by atoms with E-state index >= 15 is 0 Å². The molecule has 1 aromatic heterocycles. The van der Waals surface area contributed by atoms with E-state index in [0.717, 1.165) is 11.4 Å². The Kier molecular flexibility index (Phi) is 3.74. The minimum atomic E-state index is -0.281. The summed E-state index contributed by atoms with van der Waals surface area (Å²) >= 11 is 0. The second-order valence-corrected chi connectivity index (χ2v) is 3.74. The first kappa shape index (κ1) is 12.3. The molecule has 0 fully saturated rings. The quantitative estimate of drug-likeness (QED) is 0.834. The van der Waals surface area contributed by atoms with E-state index in [1.807, 2.05) is 37.3 Å². The van der Waals surface area contributed by atoms with Gasteiger partial charge in [-0.1, -0.05) is 25.1 Å². The Morgan fingerprint density at radius 3 is 2.72 bits per heavy atom. The standard InChI is InChI=1S/C13H15N3O2/c1-3-12-11(13(17)15-18-2)9-14-16(12)10-7-5-4-6-8-10/h4-9H,3H2,1-2H3,(H,15,17). The summed E-state index contributed by atoms with van der Waals surface area (Å²) < 4.78 is 1.77. The number of benzene rings is 1. The number of nitrogens with zero attached hydrogens (tertiary/aromatic N) is 2. The number of hydrogen-bond donors (Lipinski definition) is 1. The molecular weight excluding hydrogens is 230 g/mol. The van der Waals surface area contributed by atoms with Crippen LogP contribution in [-0.2, 0) is 11.3 Å². The van der Waals surface area contributed by atoms with Crippen molar-refractivity contribution in [1.29, 1.82) is 0 Å². The molecule has 1 N–H and O–H groups in total. The van der Waals surface area contributed by atoms with Crippen LogP contribution in [0.15, 0.2) is 36.5 Å². The lowest BCUT2D eigenvalue weighted by molar-refractivity contribution is 0.0536. The second-order valence-electron chi connectivity index (χ2n) is 3.74. The minimum absolute atomic E-state index is 0.281. The molecule has 1 amide bonds. The van der Waals surface area contributed by atoms with Crippen molar-refractivity contribution in [2.24, 2.45) is 0 Å². The van der Waals surface area contributed by atoms with Crippen LogP contribution in [0.5, 0.6) is 0 Å². The van der Waals surface area contributed by atoms with E-state index in [1.54, 1.807) is 10.9 Å². The topological polar surface area (TPSA) is 56.1 Å². The Hall–Kier alpha value is -2.14. The zero-order valence-electron chi connectivity index (χ0n) is 10.4. The molecule has 0 bridgehead atoms. The second kappa shape index (κ2) is 5.46. The van der Waals surface area contributed by atoms with Crippen molar-refractivity contribution < 1.29 is 9.63 Å². The highest BCUT2D eigenvalue weighted by atomic mass is 16.6. The van der Waals surface area contributed by atoms with Gasteiger partial charge in [-0.05, 0) is 18.6 Å². The van der Waals surface area contributed by atoms with Crippen molar-refractivity contribution in [1.82, 2.24) is 15.3 Å². The Bertz CT molecular complexity index is 534. The van der Waals surface area contributed by atoms with Crippen LogP contribution in [0.1, 0.15) is 23.0 Å². The number of aromatic nitrogens is 2. The third-order valence-corrected chi connectivity index (χ3v) is 2.64. The third-order valence-electron chi connectivity index (χ3n) is 2.64. The number of carbonyl (C=O) groups is 1. The van der Waals surface area contributed by atoms with E-state index in [4.69, 9.17) is 0 Å². The predicted octanol–water partition coefficient (Wildman–Crippen LogP) is 1.73. The number of nitrogens with one attached hydrogen (secondary N) is 1. The molecule has 94 valence electrons. The molecule has 1 heterocycles. The zero-order chi connectivity index (χ0) is 13.0. The molecule has 1 aromatic carbocycles. The molecule has 0 atom stereocenters. The highest BCUT2D eigenvalue weighted by molar-refractivity contribution is 5.94. The monoisotopic (exact) mass is 245 g/mol. The van der Waals surface area contributed by atoms with Crippen molar-refractivity contribution in [2.45, 2.75) is 13.3 Å². The van der Waals surface area contributed by atoms with Gasteiger partial charge in [-0.3, -0.25) is 9.63 Å². The smallest absolute Gasteiger partial charge is 0.277 e. The van der Waals surface area contributed by atoms with Gasteiger partial charge < -0.3 is 0 Å². The van der Waals surface area contributed by atoms with Crippen molar-refractivity contribution >= 4 is 5.91 Å². The highest BCUT2D eigenvalue weighted by Gasteiger charge is 2.16. The number of hydroxylamine groups is 1. The summed E-state index contributed by atoms with van der Waals surface area (Å²) in [4.78, 5) is 16.4. The summed E-state index contributed by atoms with van der Waals surface area (Å²) in [7, 11) is 1.41. The first-order valence-corrected chi connectivity index (χ1v) is 5.73. The molecule has 5 heteroatoms. The Morgan fingerprint density at radius 2 is 2.11 bits per heavy atom. The highest BCUT2D eigenvalue weighted by Crippen LogP contribution is 2.15. The molecule has 0 unspecified atom stereocenters. The number of hydrogen-bond acceptors (Lipinski definition) is 3. The summed E-state index contributed by atoms with van der Waals surface area (Å²) in [6, 6.07) is 9.71. The van der Waals surface area contributed by atoms with Crippen LogP contribution in [0, 0.1) is 0 Å². The normalized spacial score (nSPS) is 10.3. The number of para-hydroxylation sites is 1. The van der Waals surface area contributed by atoms with E-state index in [2.05, 4.69) is 15.4 Å². The van der Waals surface area contributed by atoms with Gasteiger partial charge in [0.2, 0.25) is 0 Å². The van der Waals surface area contributed by atoms with Crippen LogP contribution in [0.2, 0.25) is 0 Å². The van der Waals surface area contributed by atoms with Crippen LogP contribution >= 0.6 is 0 Å². The molecule has 0 radical (unpaired) electrons. The molecular formula is C13H15N3O2. The van der Waals surface area contributed by atoms with Crippen molar-refractivity contribution in [2.75, 3.05) is 7.11 Å². The SMILES string of the molecule is CCc1c(C(=O)NOC)cnn1-c1ccccc1. The van der Waals surface area contributed by atoms with E-state index < -0.39 is 0 Å². The minimum Gasteiger partial charge on any atom is -0.277 e. The molecule has 0 aliphatic heterocycles. The van der Waals surface area contributed by atoms with E-state index in [1.165, 1.54) is 7.11 Å². The molecule has 0 spiro atoms. The largest absolute Gasteiger partial charge is 0.278 e. The van der Waals surface area contributed by atoms with Crippen LogP contribution in [0.4, 0.5) is 0 Å². The van der Waals surface area contributed by atoms with Gasteiger partial charge >= 0.3 is 0 Å². The number of amides is 1. The molecule has 2 rings (SSSR count). The van der Waals surface area contributed by atoms with Crippen molar-refractivity contribution in [3.63, 3.8) is 0 Å². The molecule has 18 heavy (non-hydrogen) atoms. The van der Waals surface area contributed by atoms with Gasteiger partial charge in [-0.15, -0.1) is 0 Å². The number of carbonyl (C=O) groups excluding carboxylic acids is 1. The van der Waals surface area contributed by atoms with Gasteiger partial charge in [0.05, 0.1) is 30.3 Å². The molecule has 0 saturated heterocycles. The Balaban J connectivity index is 2.42. The fraction of sp³-hybridized carbons (Fsp3) is 0.231. The fourth-order valence-electron chi connectivity index (χ4n) is 1.84. The molecule has 0 aliphatic rings. The Morgan fingerprint density at radius 1 is 1.39 bits per heavy atom. The molecule has 0 aliphatic carbocycles. The summed E-state index contributed by atoms with van der Waals surface area (Å²) in [6.45, 7) is 1.99. The lowest BCUT2D eigenvalue weighted by Gasteiger charge is -2.07. The maximum absolute atomic E-state index is 11.8. The lowest BCUT2D eigenvalue weighted by atomic mass is 10.2. The molecule has 0 saturated carbocycles. The first-order chi connectivity index (χ1) is 8.77. The lowest BCUT2D eigenvalue weighted by Crippen LogP contribution is -2.22. The summed E-state index contributed by atoms with van der Waals surface area (Å²) in [6.07, 6.45) is 2.27. The maximum Gasteiger partial charge on any atom is 0.278 e. The van der Waals surface area contributed by atoms with Crippen LogP contribution < -0.4 is 5.48 Å². The predicted molar refractivity (Wildman–Crippen MR) is 67.4 cm³/mol. The van der Waals surface area contributed by atoms with Gasteiger partial charge in [0.1, 0.15) is 0 Å². The van der Waals surface area contributed by atoms with Gasteiger partial charge in [-0.2, -0.15) is 5.10 Å². The van der Waals surface area contributed by atoms with Crippen molar-refractivity contribution in [3.05, 3.63) is 47.8 Å². The van der Waals surface area contributed by atoms with Gasteiger partial charge in [0.25, 0.3) is 5.91 Å². The van der Waals surface area contributed by atoms with E-state index in [0.29, 0.717) is 12.0 Å². The average molecular weight is 245 g/mol. The maximum atomic E-state index is 11.8. The van der Waals surface area contributed by atoms with Crippen LogP contribution in [-0.4, -0.2) is 22.8 Å². The third kappa shape index (κ3) is 2.26. The van der Waals surface area contributed by atoms with Gasteiger partial charge in [-0.25, -0.2) is 10.2 Å². The van der Waals surface area contributed by atoms with Crippen LogP contribution in [0.3, 0.4) is 0 Å². The Labute approximate surface area is 105 Å². The number of rotatable bonds is 4. The van der Waals surface area contributed by atoms with Crippen LogP contribution in [0.25, 0.3) is 5.69 Å². The molecule has 2 aromatic rings. The average Bonchev–Trinajstić information content (AvgIpc) is 2.83. The summed E-state index contributed by atoms with van der Waals surface area (Å²) in [5.74, 6) is -0.281. The zero-order valence-corrected chi connectivity index (χ0v) is 10.4. The summed E-state index contributed by atoms with van der Waals surface area (Å²) in [5.41, 5.74) is 4.63. The van der Waals surface area contributed by atoms with E-state index in [9.17, 15) is 4.79 Å².